The van der Waals surface area contributed by atoms with Crippen LogP contribution in [0.25, 0.3) is 0 Å². The van der Waals surface area contributed by atoms with Crippen molar-refractivity contribution in [2.45, 2.75) is 13.2 Å². The van der Waals surface area contributed by atoms with E-state index < -0.39 is 0 Å². The Hall–Kier alpha value is -0.650. The van der Waals surface area contributed by atoms with Gasteiger partial charge in [-0.15, -0.1) is 0 Å². The van der Waals surface area contributed by atoms with Gasteiger partial charge in [-0.2, -0.15) is 0 Å². The molecule has 0 spiro atoms. The maximum Gasteiger partial charge on any atom is 0.224 e. The minimum absolute atomic E-state index is 0.00144. The molecular weight excluding hydrogens is 184 g/mol. The molecule has 0 aromatic carbocycles. The topological polar surface area (TPSA) is 59.6 Å². The van der Waals surface area contributed by atoms with Crippen LogP contribution >= 0.6 is 0 Å². The third-order valence-corrected chi connectivity index (χ3v) is 1.93. The molecule has 0 rings (SSSR count). The van der Waals surface area contributed by atoms with Crippen LogP contribution in [0.15, 0.2) is 0 Å². The Balaban J connectivity index is 3.71. The molecule has 5 nitrogen and oxygen atoms in total. The molecule has 1 atom stereocenters. The first-order chi connectivity index (χ1) is 6.65. The summed E-state index contributed by atoms with van der Waals surface area (Å²) in [5, 5.41) is 5.68. The van der Waals surface area contributed by atoms with Crippen molar-refractivity contribution in [3.05, 3.63) is 0 Å². The number of hydrogen-bond acceptors (Lipinski definition) is 4. The highest BCUT2D eigenvalue weighted by Gasteiger charge is 2.13. The van der Waals surface area contributed by atoms with E-state index in [1.54, 1.807) is 0 Å². The van der Waals surface area contributed by atoms with Gasteiger partial charge in [-0.1, -0.05) is 6.92 Å². The molecule has 2 N–H and O–H groups in total. The number of methoxy groups -OCH3 is 2. The summed E-state index contributed by atoms with van der Waals surface area (Å²) in [6.07, 6.45) is -0.374. The van der Waals surface area contributed by atoms with Crippen LogP contribution in [0, 0.1) is 5.92 Å². The highest BCUT2D eigenvalue weighted by atomic mass is 16.7. The predicted molar refractivity (Wildman–Crippen MR) is 53.9 cm³/mol. The largest absolute Gasteiger partial charge is 0.354 e. The van der Waals surface area contributed by atoms with Gasteiger partial charge in [-0.25, -0.2) is 0 Å². The summed E-state index contributed by atoms with van der Waals surface area (Å²) in [5.74, 6) is -0.0483. The summed E-state index contributed by atoms with van der Waals surface area (Å²) >= 11 is 0. The SMILES string of the molecule is CNCC(C)C(=O)NCC(OC)OC. The summed E-state index contributed by atoms with van der Waals surface area (Å²) in [5.41, 5.74) is 0. The number of ether oxygens (including phenoxy) is 2. The van der Waals surface area contributed by atoms with Crippen LogP contribution in [0.1, 0.15) is 6.92 Å². The first kappa shape index (κ1) is 13.4. The van der Waals surface area contributed by atoms with Gasteiger partial charge >= 0.3 is 0 Å². The van der Waals surface area contributed by atoms with Gasteiger partial charge in [0.1, 0.15) is 0 Å². The van der Waals surface area contributed by atoms with Crippen molar-refractivity contribution < 1.29 is 14.3 Å². The van der Waals surface area contributed by atoms with Crippen LogP contribution in [0.3, 0.4) is 0 Å². The van der Waals surface area contributed by atoms with Crippen molar-refractivity contribution in [1.82, 2.24) is 10.6 Å². The quantitative estimate of drug-likeness (QED) is 0.553. The average molecular weight is 204 g/mol. The zero-order chi connectivity index (χ0) is 11.0. The van der Waals surface area contributed by atoms with E-state index in [-0.39, 0.29) is 18.1 Å². The van der Waals surface area contributed by atoms with Gasteiger partial charge in [0.25, 0.3) is 0 Å². The average Bonchev–Trinajstić information content (AvgIpc) is 2.19. The molecule has 0 heterocycles. The molecule has 0 bridgehead atoms. The smallest absolute Gasteiger partial charge is 0.224 e. The Morgan fingerprint density at radius 2 is 1.86 bits per heavy atom. The lowest BCUT2D eigenvalue weighted by molar-refractivity contribution is -0.130. The Kier molecular flexibility index (Phi) is 7.37. The lowest BCUT2D eigenvalue weighted by Crippen LogP contribution is -2.39. The molecule has 0 aliphatic rings. The molecule has 0 fully saturated rings. The Morgan fingerprint density at radius 1 is 1.29 bits per heavy atom. The summed E-state index contributed by atoms with van der Waals surface area (Å²) in [7, 11) is 4.89. The molecule has 5 heteroatoms. The van der Waals surface area contributed by atoms with Gasteiger partial charge in [0.15, 0.2) is 6.29 Å². The molecular formula is C9H20N2O3. The second kappa shape index (κ2) is 7.73. The van der Waals surface area contributed by atoms with Crippen LogP contribution in [0.5, 0.6) is 0 Å². The molecule has 0 aliphatic carbocycles. The van der Waals surface area contributed by atoms with E-state index in [2.05, 4.69) is 10.6 Å². The van der Waals surface area contributed by atoms with Crippen molar-refractivity contribution >= 4 is 5.91 Å². The Morgan fingerprint density at radius 3 is 2.29 bits per heavy atom. The van der Waals surface area contributed by atoms with Gasteiger partial charge in [0.05, 0.1) is 6.54 Å². The van der Waals surface area contributed by atoms with E-state index in [1.165, 1.54) is 14.2 Å². The molecule has 1 unspecified atom stereocenters. The molecule has 0 saturated heterocycles. The maximum absolute atomic E-state index is 11.4. The van der Waals surface area contributed by atoms with Gasteiger partial charge in [-0.3, -0.25) is 4.79 Å². The molecule has 1 amide bonds. The van der Waals surface area contributed by atoms with E-state index in [9.17, 15) is 4.79 Å². The van der Waals surface area contributed by atoms with E-state index in [0.717, 1.165) is 0 Å². The minimum Gasteiger partial charge on any atom is -0.354 e. The zero-order valence-corrected chi connectivity index (χ0v) is 9.29. The second-order valence-corrected chi connectivity index (χ2v) is 3.10. The van der Waals surface area contributed by atoms with Crippen molar-refractivity contribution in [2.24, 2.45) is 5.92 Å². The monoisotopic (exact) mass is 204 g/mol. The number of nitrogens with one attached hydrogen (secondary N) is 2. The highest BCUT2D eigenvalue weighted by molar-refractivity contribution is 5.78. The summed E-state index contributed by atoms with van der Waals surface area (Å²) < 4.78 is 9.87. The molecule has 0 aliphatic heterocycles. The molecule has 0 saturated carbocycles. The normalized spacial score (nSPS) is 12.9. The number of amides is 1. The molecule has 0 radical (unpaired) electrons. The first-order valence-electron chi connectivity index (χ1n) is 4.63. The van der Waals surface area contributed by atoms with E-state index in [0.29, 0.717) is 13.1 Å². The van der Waals surface area contributed by atoms with Crippen molar-refractivity contribution in [1.29, 1.82) is 0 Å². The van der Waals surface area contributed by atoms with Crippen LogP contribution in [-0.4, -0.2) is 46.6 Å². The van der Waals surface area contributed by atoms with Crippen LogP contribution in [0.2, 0.25) is 0 Å². The molecule has 0 aromatic rings. The third-order valence-electron chi connectivity index (χ3n) is 1.93. The second-order valence-electron chi connectivity index (χ2n) is 3.10. The zero-order valence-electron chi connectivity index (χ0n) is 9.29. The predicted octanol–water partition coefficient (Wildman–Crippen LogP) is -0.423. The summed E-state index contributed by atoms with van der Waals surface area (Å²) in [6.45, 7) is 2.90. The number of carbonyl (C=O) groups is 1. The van der Waals surface area contributed by atoms with E-state index in [4.69, 9.17) is 9.47 Å². The fraction of sp³-hybridized carbons (Fsp3) is 0.889. The summed E-state index contributed by atoms with van der Waals surface area (Å²) in [6, 6.07) is 0. The molecule has 84 valence electrons. The Bertz CT molecular complexity index is 160. The fourth-order valence-electron chi connectivity index (χ4n) is 1.02. The third kappa shape index (κ3) is 5.16. The highest BCUT2D eigenvalue weighted by Crippen LogP contribution is 1.93. The van der Waals surface area contributed by atoms with Gasteiger partial charge in [0, 0.05) is 26.7 Å². The number of hydrogen-bond donors (Lipinski definition) is 2. The fourth-order valence-corrected chi connectivity index (χ4v) is 1.02. The molecule has 14 heavy (non-hydrogen) atoms. The van der Waals surface area contributed by atoms with Crippen LogP contribution in [-0.2, 0) is 14.3 Å². The number of carbonyl (C=O) groups excluding carboxylic acids is 1. The minimum atomic E-state index is -0.374. The van der Waals surface area contributed by atoms with Crippen LogP contribution < -0.4 is 10.6 Å². The standard InChI is InChI=1S/C9H20N2O3/c1-7(5-10-2)9(12)11-6-8(13-3)14-4/h7-8,10H,5-6H2,1-4H3,(H,11,12). The maximum atomic E-state index is 11.4. The molecule has 0 aromatic heterocycles. The van der Waals surface area contributed by atoms with Gasteiger partial charge in [-0.05, 0) is 7.05 Å². The lowest BCUT2D eigenvalue weighted by atomic mass is 10.1. The van der Waals surface area contributed by atoms with Crippen molar-refractivity contribution in [2.75, 3.05) is 34.4 Å². The van der Waals surface area contributed by atoms with E-state index >= 15 is 0 Å². The lowest BCUT2D eigenvalue weighted by Gasteiger charge is -2.16. The van der Waals surface area contributed by atoms with Crippen molar-refractivity contribution in [3.8, 4) is 0 Å². The summed E-state index contributed by atoms with van der Waals surface area (Å²) in [4.78, 5) is 11.4. The number of rotatable bonds is 7. The Labute approximate surface area is 85.1 Å². The van der Waals surface area contributed by atoms with E-state index in [1.807, 2.05) is 14.0 Å². The van der Waals surface area contributed by atoms with Crippen molar-refractivity contribution in [3.63, 3.8) is 0 Å². The van der Waals surface area contributed by atoms with Crippen LogP contribution in [0.4, 0.5) is 0 Å². The van der Waals surface area contributed by atoms with Gasteiger partial charge < -0.3 is 20.1 Å². The first-order valence-corrected chi connectivity index (χ1v) is 4.63. The van der Waals surface area contributed by atoms with Gasteiger partial charge in [0.2, 0.25) is 5.91 Å².